The molecule has 0 unspecified atom stereocenters. The lowest BCUT2D eigenvalue weighted by atomic mass is 9.91. The highest BCUT2D eigenvalue weighted by atomic mass is 32.1. The molecule has 0 N–H and O–H groups in total. The second kappa shape index (κ2) is 11.1. The molecular weight excluding hydrogens is 560 g/mol. The van der Waals surface area contributed by atoms with Crippen molar-refractivity contribution in [1.82, 2.24) is 13.7 Å². The van der Waals surface area contributed by atoms with Crippen LogP contribution in [0.25, 0.3) is 22.8 Å². The van der Waals surface area contributed by atoms with Crippen LogP contribution in [0.4, 0.5) is 0 Å². The normalized spacial score (nSPS) is 15.2. The monoisotopic (exact) mass is 592 g/mol. The Morgan fingerprint density at radius 1 is 0.977 bits per heavy atom. The Bertz CT molecular complexity index is 2150. The molecule has 8 nitrogen and oxygen atoms in total. The number of carbonyl (C=O) groups is 1. The molecule has 1 atom stereocenters. The Kier molecular flexibility index (Phi) is 7.35. The van der Waals surface area contributed by atoms with Gasteiger partial charge in [-0.25, -0.2) is 14.6 Å². The Morgan fingerprint density at radius 2 is 1.67 bits per heavy atom. The summed E-state index contributed by atoms with van der Waals surface area (Å²) in [5.41, 5.74) is 5.53. The zero-order valence-corrected chi connectivity index (χ0v) is 25.5. The summed E-state index contributed by atoms with van der Waals surface area (Å²) in [5, 5.41) is 0. The highest BCUT2D eigenvalue weighted by Crippen LogP contribution is 2.35. The minimum Gasteiger partial charge on any atom is -0.463 e. The van der Waals surface area contributed by atoms with Crippen molar-refractivity contribution in [3.63, 3.8) is 0 Å². The van der Waals surface area contributed by atoms with E-state index in [0.717, 1.165) is 33.3 Å². The molecule has 0 spiro atoms. The quantitative estimate of drug-likeness (QED) is 0.276. The topological polar surface area (TPSA) is 87.6 Å². The van der Waals surface area contributed by atoms with E-state index < -0.39 is 12.0 Å². The maximum Gasteiger partial charge on any atom is 0.338 e. The van der Waals surface area contributed by atoms with E-state index >= 15 is 0 Å². The highest BCUT2D eigenvalue weighted by molar-refractivity contribution is 7.07. The minimum absolute atomic E-state index is 0.116. The maximum atomic E-state index is 14.2. The van der Waals surface area contributed by atoms with Crippen LogP contribution in [-0.4, -0.2) is 26.3 Å². The van der Waals surface area contributed by atoms with Gasteiger partial charge in [0.15, 0.2) is 4.80 Å². The van der Waals surface area contributed by atoms with Gasteiger partial charge in [-0.2, -0.15) is 0 Å². The lowest BCUT2D eigenvalue weighted by Crippen LogP contribution is -2.40. The summed E-state index contributed by atoms with van der Waals surface area (Å²) in [7, 11) is 3.47. The van der Waals surface area contributed by atoms with Gasteiger partial charge >= 0.3 is 11.7 Å². The van der Waals surface area contributed by atoms with Crippen LogP contribution in [0.2, 0.25) is 0 Å². The van der Waals surface area contributed by atoms with Crippen LogP contribution in [0.3, 0.4) is 0 Å². The van der Waals surface area contributed by atoms with Gasteiger partial charge in [-0.1, -0.05) is 85.8 Å². The number of aryl methyl sites for hydroxylation is 2. The van der Waals surface area contributed by atoms with Gasteiger partial charge in [0, 0.05) is 19.7 Å². The number of fused-ring (bicyclic) bond motifs is 2. The van der Waals surface area contributed by atoms with Crippen molar-refractivity contribution in [2.24, 2.45) is 19.1 Å². The number of esters is 1. The number of hydrogen-bond acceptors (Lipinski definition) is 6. The van der Waals surface area contributed by atoms with Crippen LogP contribution in [0, 0.1) is 0 Å². The van der Waals surface area contributed by atoms with Crippen molar-refractivity contribution in [1.29, 1.82) is 0 Å². The standard InChI is InChI=1S/C34H32N4O4S/c1-6-42-32(40)28-29(23-10-8-7-9-11-23)35-33-38(30(28)24-15-13-22(14-16-24)20(2)3)31(39)27(43-33)19-21-12-17-25-26(18-21)37(5)34(41)36(25)4/h7-20,30H,6H2,1-5H3/b27-19+/t30-/m0/s1. The van der Waals surface area contributed by atoms with E-state index in [0.29, 0.717) is 26.5 Å². The molecule has 9 heteroatoms. The summed E-state index contributed by atoms with van der Waals surface area (Å²) in [4.78, 5) is 45.7. The number of imidazole rings is 1. The summed E-state index contributed by atoms with van der Waals surface area (Å²) < 4.78 is 10.8. The second-order valence-corrected chi connectivity index (χ2v) is 11.9. The predicted molar refractivity (Wildman–Crippen MR) is 170 cm³/mol. The van der Waals surface area contributed by atoms with Crippen molar-refractivity contribution in [2.45, 2.75) is 32.7 Å². The Morgan fingerprint density at radius 3 is 2.35 bits per heavy atom. The van der Waals surface area contributed by atoms with Gasteiger partial charge in [0.1, 0.15) is 0 Å². The van der Waals surface area contributed by atoms with Crippen LogP contribution < -0.4 is 20.6 Å². The van der Waals surface area contributed by atoms with Gasteiger partial charge < -0.3 is 4.74 Å². The van der Waals surface area contributed by atoms with Crippen molar-refractivity contribution >= 4 is 40.1 Å². The molecule has 5 aromatic rings. The summed E-state index contributed by atoms with van der Waals surface area (Å²) >= 11 is 1.27. The summed E-state index contributed by atoms with van der Waals surface area (Å²) in [6.45, 7) is 6.21. The van der Waals surface area contributed by atoms with Crippen LogP contribution in [0.5, 0.6) is 0 Å². The summed E-state index contributed by atoms with van der Waals surface area (Å²) in [6, 6.07) is 22.5. The van der Waals surface area contributed by atoms with E-state index in [1.54, 1.807) is 34.7 Å². The van der Waals surface area contributed by atoms with Gasteiger partial charge in [-0.05, 0) is 47.7 Å². The molecule has 1 aliphatic heterocycles. The fourth-order valence-electron chi connectivity index (χ4n) is 5.58. The third-order valence-electron chi connectivity index (χ3n) is 7.89. The first-order valence-corrected chi connectivity index (χ1v) is 15.0. The number of rotatable bonds is 6. The molecule has 0 saturated heterocycles. The molecule has 0 amide bonds. The lowest BCUT2D eigenvalue weighted by Gasteiger charge is -2.26. The Labute approximate surface area is 252 Å². The molecule has 218 valence electrons. The first-order chi connectivity index (χ1) is 20.7. The smallest absolute Gasteiger partial charge is 0.338 e. The fourth-order valence-corrected chi connectivity index (χ4v) is 6.58. The van der Waals surface area contributed by atoms with Crippen LogP contribution in [0.15, 0.2) is 93.0 Å². The number of aromatic nitrogens is 3. The van der Waals surface area contributed by atoms with Crippen molar-refractivity contribution in [3.05, 3.63) is 131 Å². The third kappa shape index (κ3) is 4.89. The molecule has 6 rings (SSSR count). The molecule has 1 aliphatic rings. The molecule has 0 fully saturated rings. The number of nitrogens with zero attached hydrogens (tertiary/aromatic N) is 4. The van der Waals surface area contributed by atoms with E-state index in [9.17, 15) is 14.4 Å². The molecule has 43 heavy (non-hydrogen) atoms. The molecule has 0 bridgehead atoms. The van der Waals surface area contributed by atoms with Crippen LogP contribution in [0.1, 0.15) is 55.0 Å². The molecule has 3 heterocycles. The third-order valence-corrected chi connectivity index (χ3v) is 8.87. The summed E-state index contributed by atoms with van der Waals surface area (Å²) in [6.07, 6.45) is 1.82. The van der Waals surface area contributed by atoms with Gasteiger partial charge in [0.25, 0.3) is 5.56 Å². The molecule has 2 aromatic heterocycles. The lowest BCUT2D eigenvalue weighted by molar-refractivity contribution is -0.138. The predicted octanol–water partition coefficient (Wildman–Crippen LogP) is 4.25. The van der Waals surface area contributed by atoms with Gasteiger partial charge in [0.2, 0.25) is 0 Å². The first kappa shape index (κ1) is 28.4. The highest BCUT2D eigenvalue weighted by Gasteiger charge is 2.35. The first-order valence-electron chi connectivity index (χ1n) is 14.2. The number of ether oxygens (including phenoxy) is 1. The van der Waals surface area contributed by atoms with Crippen LogP contribution >= 0.6 is 11.3 Å². The largest absolute Gasteiger partial charge is 0.463 e. The SMILES string of the molecule is CCOC(=O)C1=C(c2ccccc2)N=c2s/c(=C/c3ccc4c(c3)n(C)c(=O)n4C)c(=O)n2[C@H]1c1ccc(C(C)C)cc1. The fraction of sp³-hybridized carbons (Fsp3) is 0.235. The molecule has 3 aromatic carbocycles. The van der Waals surface area contributed by atoms with Crippen molar-refractivity contribution in [2.75, 3.05) is 6.61 Å². The minimum atomic E-state index is -0.730. The van der Waals surface area contributed by atoms with E-state index in [1.165, 1.54) is 11.3 Å². The van der Waals surface area contributed by atoms with E-state index in [-0.39, 0.29) is 17.9 Å². The number of benzene rings is 3. The molecule has 0 radical (unpaired) electrons. The summed E-state index contributed by atoms with van der Waals surface area (Å²) in [5.74, 6) is -0.176. The number of carbonyl (C=O) groups excluding carboxylic acids is 1. The Hall–Kier alpha value is -4.76. The molecule has 0 saturated carbocycles. The van der Waals surface area contributed by atoms with Gasteiger partial charge in [0.05, 0.1) is 39.5 Å². The van der Waals surface area contributed by atoms with Crippen LogP contribution in [-0.2, 0) is 23.6 Å². The van der Waals surface area contributed by atoms with Crippen molar-refractivity contribution in [3.8, 4) is 0 Å². The molecule has 0 aliphatic carbocycles. The average molecular weight is 593 g/mol. The zero-order valence-electron chi connectivity index (χ0n) is 24.7. The average Bonchev–Trinajstić information content (AvgIpc) is 3.44. The number of thiazole rings is 1. The van der Waals surface area contributed by atoms with E-state index in [2.05, 4.69) is 13.8 Å². The maximum absolute atomic E-state index is 14.2. The van der Waals surface area contributed by atoms with Crippen molar-refractivity contribution < 1.29 is 9.53 Å². The Balaban J connectivity index is 1.62. The van der Waals surface area contributed by atoms with E-state index in [1.807, 2.05) is 78.9 Å². The second-order valence-electron chi connectivity index (χ2n) is 10.9. The zero-order chi connectivity index (χ0) is 30.4. The van der Waals surface area contributed by atoms with Gasteiger partial charge in [-0.3, -0.25) is 18.5 Å². The van der Waals surface area contributed by atoms with E-state index in [4.69, 9.17) is 9.73 Å². The van der Waals surface area contributed by atoms with Gasteiger partial charge in [-0.15, -0.1) is 0 Å². The number of hydrogen-bond donors (Lipinski definition) is 0. The molecular formula is C34H32N4O4S.